The Kier molecular flexibility index (Phi) is 5.97. The number of aromatic nitrogens is 4. The highest BCUT2D eigenvalue weighted by Crippen LogP contribution is 2.28. The molecule has 0 radical (unpaired) electrons. The predicted octanol–water partition coefficient (Wildman–Crippen LogP) is 3.57. The number of pyridine rings is 1. The fourth-order valence-corrected chi connectivity index (χ4v) is 3.88. The van der Waals surface area contributed by atoms with Crippen LogP contribution in [0, 0.1) is 0 Å². The maximum absolute atomic E-state index is 12.4. The minimum Gasteiger partial charge on any atom is -0.366 e. The number of fused-ring (bicyclic) bond motifs is 1. The summed E-state index contributed by atoms with van der Waals surface area (Å²) < 4.78 is 1.78. The molecule has 7 nitrogen and oxygen atoms in total. The molecular weight excluding hydrogens is 447 g/mol. The van der Waals surface area contributed by atoms with Gasteiger partial charge < -0.3 is 10.6 Å². The van der Waals surface area contributed by atoms with Gasteiger partial charge in [0.1, 0.15) is 19.4 Å². The summed E-state index contributed by atoms with van der Waals surface area (Å²) in [5, 5.41) is 11.5. The minimum absolute atomic E-state index is 0.252. The first-order chi connectivity index (χ1) is 16.6. The number of nitrogens with zero attached hydrogens (tertiary/aromatic N) is 4. The van der Waals surface area contributed by atoms with E-state index >= 15 is 0 Å². The Morgan fingerprint density at radius 3 is 2.71 bits per heavy atom. The van der Waals surface area contributed by atoms with Gasteiger partial charge in [0, 0.05) is 41.3 Å². The summed E-state index contributed by atoms with van der Waals surface area (Å²) in [6.07, 6.45) is 3.39. The van der Waals surface area contributed by atoms with E-state index in [1.165, 1.54) is 0 Å². The van der Waals surface area contributed by atoms with Crippen LogP contribution in [0.25, 0.3) is 16.9 Å². The van der Waals surface area contributed by atoms with Gasteiger partial charge in [-0.3, -0.25) is 9.78 Å². The first-order valence-corrected chi connectivity index (χ1v) is 11.1. The lowest BCUT2D eigenvalue weighted by atomic mass is 10.0. The molecule has 1 amide bonds. The lowest BCUT2D eigenvalue weighted by molar-refractivity contribution is 0.102. The van der Waals surface area contributed by atoms with Gasteiger partial charge in [-0.2, -0.15) is 9.61 Å². The molecule has 3 aromatic heterocycles. The molecular formula is C25H20BClN6O. The SMILES string of the molecule is Bc1cnn2c(NCc3cccc(NC(=O)c4ccccn4)c3)cc(-c3ccccc3Cl)nc12. The summed E-state index contributed by atoms with van der Waals surface area (Å²) in [7, 11) is 1.98. The largest absolute Gasteiger partial charge is 0.366 e. The van der Waals surface area contributed by atoms with E-state index in [4.69, 9.17) is 16.6 Å². The Hall–Kier alpha value is -4.17. The average Bonchev–Trinajstić information content (AvgIpc) is 3.24. The third kappa shape index (κ3) is 4.49. The number of hydrogen-bond donors (Lipinski definition) is 2. The van der Waals surface area contributed by atoms with E-state index in [1.807, 2.05) is 62.4 Å². The Bertz CT molecular complexity index is 1490. The number of benzene rings is 2. The van der Waals surface area contributed by atoms with Crippen LogP contribution < -0.4 is 16.1 Å². The molecule has 3 heterocycles. The molecule has 0 aliphatic rings. The van der Waals surface area contributed by atoms with Crippen molar-refractivity contribution in [1.82, 2.24) is 19.6 Å². The van der Waals surface area contributed by atoms with Gasteiger partial charge in [-0.1, -0.05) is 48.0 Å². The first kappa shape index (κ1) is 21.7. The average molecular weight is 467 g/mol. The van der Waals surface area contributed by atoms with E-state index < -0.39 is 0 Å². The summed E-state index contributed by atoms with van der Waals surface area (Å²) >= 11 is 6.43. The van der Waals surface area contributed by atoms with Crippen LogP contribution in [0.2, 0.25) is 5.02 Å². The molecule has 166 valence electrons. The molecule has 0 saturated carbocycles. The zero-order chi connectivity index (χ0) is 23.5. The first-order valence-electron chi connectivity index (χ1n) is 10.7. The zero-order valence-corrected chi connectivity index (χ0v) is 19.1. The normalized spacial score (nSPS) is 10.9. The molecule has 5 rings (SSSR count). The van der Waals surface area contributed by atoms with Crippen molar-refractivity contribution >= 4 is 48.0 Å². The number of anilines is 2. The molecule has 2 N–H and O–H groups in total. The van der Waals surface area contributed by atoms with Gasteiger partial charge in [-0.05, 0) is 41.4 Å². The number of nitrogens with one attached hydrogen (secondary N) is 2. The van der Waals surface area contributed by atoms with E-state index in [0.29, 0.717) is 22.9 Å². The van der Waals surface area contributed by atoms with E-state index in [0.717, 1.165) is 33.7 Å². The molecule has 0 aliphatic heterocycles. The third-order valence-corrected chi connectivity index (χ3v) is 5.68. The van der Waals surface area contributed by atoms with Crippen LogP contribution in [-0.2, 0) is 6.54 Å². The van der Waals surface area contributed by atoms with E-state index in [2.05, 4.69) is 20.7 Å². The molecule has 0 unspecified atom stereocenters. The Balaban J connectivity index is 1.40. The van der Waals surface area contributed by atoms with Gasteiger partial charge in [-0.25, -0.2) is 4.98 Å². The highest BCUT2D eigenvalue weighted by atomic mass is 35.5. The Morgan fingerprint density at radius 1 is 1.03 bits per heavy atom. The van der Waals surface area contributed by atoms with Crippen molar-refractivity contribution in [3.05, 3.63) is 101 Å². The van der Waals surface area contributed by atoms with Gasteiger partial charge in [0.25, 0.3) is 5.91 Å². The summed E-state index contributed by atoms with van der Waals surface area (Å²) in [5.74, 6) is 0.536. The van der Waals surface area contributed by atoms with Crippen LogP contribution in [0.15, 0.2) is 85.2 Å². The van der Waals surface area contributed by atoms with Crippen molar-refractivity contribution in [3.8, 4) is 11.3 Å². The number of carbonyl (C=O) groups is 1. The summed E-state index contributed by atoms with van der Waals surface area (Å²) in [5.41, 5.74) is 5.41. The van der Waals surface area contributed by atoms with E-state index in [1.54, 1.807) is 35.1 Å². The van der Waals surface area contributed by atoms with Crippen LogP contribution in [0.4, 0.5) is 11.5 Å². The van der Waals surface area contributed by atoms with Crippen molar-refractivity contribution in [2.24, 2.45) is 0 Å². The second-order valence-electron chi connectivity index (χ2n) is 7.79. The molecule has 9 heteroatoms. The summed E-state index contributed by atoms with van der Waals surface area (Å²) in [6, 6.07) is 22.5. The Labute approximate surface area is 202 Å². The molecule has 5 aromatic rings. The van der Waals surface area contributed by atoms with Crippen LogP contribution in [0.3, 0.4) is 0 Å². The molecule has 0 bridgehead atoms. The van der Waals surface area contributed by atoms with Gasteiger partial charge in [-0.15, -0.1) is 0 Å². The maximum atomic E-state index is 12.4. The number of carbonyl (C=O) groups excluding carboxylic acids is 1. The van der Waals surface area contributed by atoms with Gasteiger partial charge >= 0.3 is 0 Å². The van der Waals surface area contributed by atoms with Crippen molar-refractivity contribution in [3.63, 3.8) is 0 Å². The lowest BCUT2D eigenvalue weighted by Crippen LogP contribution is -2.13. The van der Waals surface area contributed by atoms with E-state index in [-0.39, 0.29) is 5.91 Å². The highest BCUT2D eigenvalue weighted by Gasteiger charge is 2.13. The van der Waals surface area contributed by atoms with Crippen molar-refractivity contribution in [2.45, 2.75) is 6.54 Å². The smallest absolute Gasteiger partial charge is 0.274 e. The van der Waals surface area contributed by atoms with Crippen LogP contribution in [0.1, 0.15) is 16.1 Å². The zero-order valence-electron chi connectivity index (χ0n) is 18.4. The fraction of sp³-hybridized carbons (Fsp3) is 0.0400. The van der Waals surface area contributed by atoms with Gasteiger partial charge in [0.2, 0.25) is 0 Å². The molecule has 0 aliphatic carbocycles. The summed E-state index contributed by atoms with van der Waals surface area (Å²) in [4.78, 5) is 21.3. The van der Waals surface area contributed by atoms with Crippen molar-refractivity contribution in [1.29, 1.82) is 0 Å². The second-order valence-corrected chi connectivity index (χ2v) is 8.20. The molecule has 0 saturated heterocycles. The second kappa shape index (κ2) is 9.37. The summed E-state index contributed by atoms with van der Waals surface area (Å²) in [6.45, 7) is 0.521. The maximum Gasteiger partial charge on any atom is 0.274 e. The standard InChI is InChI=1S/C25H20BClN6O/c26-19-15-30-33-23(13-22(32-24(19)33)18-8-1-2-9-20(18)27)29-14-16-6-5-7-17(12-16)31-25(34)21-10-3-4-11-28-21/h1-13,15,29H,14,26H2,(H,31,34). The monoisotopic (exact) mass is 466 g/mol. The highest BCUT2D eigenvalue weighted by molar-refractivity contribution is 6.36. The molecule has 0 fully saturated rings. The number of halogens is 1. The number of amides is 1. The van der Waals surface area contributed by atoms with Crippen LogP contribution in [0.5, 0.6) is 0 Å². The quantitative estimate of drug-likeness (QED) is 0.374. The minimum atomic E-state index is -0.252. The topological polar surface area (TPSA) is 84.2 Å². The lowest BCUT2D eigenvalue weighted by Gasteiger charge is -2.13. The van der Waals surface area contributed by atoms with Gasteiger partial charge in [0.15, 0.2) is 5.65 Å². The molecule has 0 atom stereocenters. The van der Waals surface area contributed by atoms with E-state index in [9.17, 15) is 4.79 Å². The van der Waals surface area contributed by atoms with Crippen LogP contribution in [-0.4, -0.2) is 33.3 Å². The molecule has 34 heavy (non-hydrogen) atoms. The Morgan fingerprint density at radius 2 is 1.88 bits per heavy atom. The van der Waals surface area contributed by atoms with Gasteiger partial charge in [0.05, 0.1) is 5.69 Å². The molecule has 2 aromatic carbocycles. The third-order valence-electron chi connectivity index (χ3n) is 5.35. The number of rotatable bonds is 6. The number of hydrogen-bond acceptors (Lipinski definition) is 5. The van der Waals surface area contributed by atoms with Crippen molar-refractivity contribution in [2.75, 3.05) is 10.6 Å². The van der Waals surface area contributed by atoms with Crippen molar-refractivity contribution < 1.29 is 4.79 Å². The predicted molar refractivity (Wildman–Crippen MR) is 138 cm³/mol. The van der Waals surface area contributed by atoms with Crippen LogP contribution >= 0.6 is 11.6 Å². The molecule has 0 spiro atoms. The fourth-order valence-electron chi connectivity index (χ4n) is 3.65.